The molecule has 2 unspecified atom stereocenters. The van der Waals surface area contributed by atoms with Gasteiger partial charge in [-0.05, 0) is 24.2 Å². The molecule has 20 heavy (non-hydrogen) atoms. The molecule has 1 amide bonds. The number of nitrogens with one attached hydrogen (secondary N) is 1. The quantitative estimate of drug-likeness (QED) is 0.640. The molecular formula is C16H34N2O2. The predicted octanol–water partition coefficient (Wildman–Crippen LogP) is 2.33. The Morgan fingerprint density at radius 1 is 1.00 bits per heavy atom. The zero-order valence-corrected chi connectivity index (χ0v) is 14.3. The molecule has 4 nitrogen and oxygen atoms in total. The zero-order valence-electron chi connectivity index (χ0n) is 14.3. The molecule has 0 aliphatic rings. The van der Waals surface area contributed by atoms with E-state index in [0.717, 1.165) is 13.1 Å². The molecule has 0 bridgehead atoms. The highest BCUT2D eigenvalue weighted by molar-refractivity contribution is 5.78. The van der Waals surface area contributed by atoms with Crippen molar-refractivity contribution in [3.63, 3.8) is 0 Å². The average Bonchev–Trinajstić information content (AvgIpc) is 2.32. The second-order valence-electron chi connectivity index (χ2n) is 7.01. The molecule has 0 aliphatic carbocycles. The fraction of sp³-hybridized carbons (Fsp3) is 0.938. The van der Waals surface area contributed by atoms with Crippen molar-refractivity contribution in [3.05, 3.63) is 0 Å². The van der Waals surface area contributed by atoms with Gasteiger partial charge in [0.05, 0.1) is 5.92 Å². The summed E-state index contributed by atoms with van der Waals surface area (Å²) in [6, 6.07) is 0. The smallest absolute Gasteiger partial charge is 0.226 e. The molecule has 0 rings (SSSR count). The molecule has 0 saturated heterocycles. The van der Waals surface area contributed by atoms with Crippen molar-refractivity contribution in [2.75, 3.05) is 20.1 Å². The van der Waals surface area contributed by atoms with Crippen molar-refractivity contribution in [2.24, 2.45) is 23.7 Å². The van der Waals surface area contributed by atoms with Gasteiger partial charge in [0.1, 0.15) is 6.23 Å². The fourth-order valence-corrected chi connectivity index (χ4v) is 2.54. The summed E-state index contributed by atoms with van der Waals surface area (Å²) >= 11 is 0. The third-order valence-corrected chi connectivity index (χ3v) is 3.24. The first-order valence-electron chi connectivity index (χ1n) is 7.82. The minimum absolute atomic E-state index is 0.0660. The molecule has 0 radical (unpaired) electrons. The van der Waals surface area contributed by atoms with E-state index in [2.05, 4.69) is 51.8 Å². The highest BCUT2D eigenvalue weighted by Gasteiger charge is 2.31. The number of hydrogen-bond acceptors (Lipinski definition) is 3. The number of carbonyl (C=O) groups excluding carboxylic acids is 1. The maximum atomic E-state index is 12.1. The lowest BCUT2D eigenvalue weighted by Gasteiger charge is -2.35. The van der Waals surface area contributed by atoms with Gasteiger partial charge in [-0.15, -0.1) is 0 Å². The van der Waals surface area contributed by atoms with Gasteiger partial charge >= 0.3 is 0 Å². The van der Waals surface area contributed by atoms with Crippen molar-refractivity contribution < 1.29 is 9.90 Å². The van der Waals surface area contributed by atoms with E-state index in [9.17, 15) is 9.90 Å². The Morgan fingerprint density at radius 2 is 1.45 bits per heavy atom. The predicted molar refractivity (Wildman–Crippen MR) is 84.3 cm³/mol. The van der Waals surface area contributed by atoms with Gasteiger partial charge in [0.25, 0.3) is 0 Å². The molecule has 0 aromatic carbocycles. The van der Waals surface area contributed by atoms with Crippen LogP contribution in [0.1, 0.15) is 48.0 Å². The Hall–Kier alpha value is -0.610. The molecule has 0 aromatic rings. The minimum atomic E-state index is -0.706. The molecule has 0 aliphatic heterocycles. The van der Waals surface area contributed by atoms with Gasteiger partial charge in [0.2, 0.25) is 5.91 Å². The number of rotatable bonds is 9. The Morgan fingerprint density at radius 3 is 1.75 bits per heavy atom. The summed E-state index contributed by atoms with van der Waals surface area (Å²) in [5.74, 6) is 0.883. The Bertz CT molecular complexity index is 268. The van der Waals surface area contributed by atoms with E-state index in [4.69, 9.17) is 0 Å². The normalized spacial score (nSPS) is 15.2. The summed E-state index contributed by atoms with van der Waals surface area (Å²) in [6.45, 7) is 14.3. The van der Waals surface area contributed by atoms with Crippen LogP contribution in [-0.2, 0) is 4.79 Å². The van der Waals surface area contributed by atoms with E-state index in [-0.39, 0.29) is 11.8 Å². The number of hydrogen-bond donors (Lipinski definition) is 2. The second-order valence-corrected chi connectivity index (χ2v) is 7.01. The molecule has 0 saturated carbocycles. The van der Waals surface area contributed by atoms with E-state index in [0.29, 0.717) is 24.2 Å². The van der Waals surface area contributed by atoms with Gasteiger partial charge in [0.15, 0.2) is 0 Å². The van der Waals surface area contributed by atoms with Crippen LogP contribution in [0.2, 0.25) is 0 Å². The van der Waals surface area contributed by atoms with Crippen LogP contribution in [-0.4, -0.2) is 42.3 Å². The number of aliphatic hydroxyl groups excluding tert-OH is 1. The summed E-state index contributed by atoms with van der Waals surface area (Å²) in [5, 5.41) is 13.4. The summed E-state index contributed by atoms with van der Waals surface area (Å²) in [6.07, 6.45) is -0.00443. The van der Waals surface area contributed by atoms with Gasteiger partial charge in [-0.3, -0.25) is 9.69 Å². The molecule has 0 heterocycles. The van der Waals surface area contributed by atoms with Crippen LogP contribution in [0.3, 0.4) is 0 Å². The van der Waals surface area contributed by atoms with Crippen LogP contribution in [0.25, 0.3) is 0 Å². The summed E-state index contributed by atoms with van der Waals surface area (Å²) in [7, 11) is 1.64. The maximum absolute atomic E-state index is 12.1. The fourth-order valence-electron chi connectivity index (χ4n) is 2.54. The Labute approximate surface area is 124 Å². The third kappa shape index (κ3) is 7.25. The van der Waals surface area contributed by atoms with Crippen LogP contribution >= 0.6 is 0 Å². The lowest BCUT2D eigenvalue weighted by Crippen LogP contribution is -2.49. The maximum Gasteiger partial charge on any atom is 0.226 e. The number of carbonyl (C=O) groups is 1. The molecule has 0 fully saturated rings. The first-order valence-corrected chi connectivity index (χ1v) is 7.82. The largest absolute Gasteiger partial charge is 0.378 e. The Balaban J connectivity index is 5.00. The SMILES string of the molecule is CNC(=O)C(CC(C)C)C(O)N(CC(C)C)CC(C)C. The first kappa shape index (κ1) is 19.4. The monoisotopic (exact) mass is 286 g/mol. The van der Waals surface area contributed by atoms with Crippen LogP contribution < -0.4 is 5.32 Å². The zero-order chi connectivity index (χ0) is 15.9. The summed E-state index contributed by atoms with van der Waals surface area (Å²) in [5.41, 5.74) is 0. The van der Waals surface area contributed by atoms with Gasteiger partial charge in [-0.25, -0.2) is 0 Å². The van der Waals surface area contributed by atoms with Gasteiger partial charge in [-0.1, -0.05) is 41.5 Å². The number of amides is 1. The van der Waals surface area contributed by atoms with Gasteiger partial charge in [-0.2, -0.15) is 0 Å². The minimum Gasteiger partial charge on any atom is -0.378 e. The highest BCUT2D eigenvalue weighted by Crippen LogP contribution is 2.20. The van der Waals surface area contributed by atoms with Crippen molar-refractivity contribution in [1.29, 1.82) is 0 Å². The van der Waals surface area contributed by atoms with Crippen LogP contribution in [0.4, 0.5) is 0 Å². The highest BCUT2D eigenvalue weighted by atomic mass is 16.3. The second kappa shape index (κ2) is 9.35. The first-order chi connectivity index (χ1) is 9.18. The standard InChI is InChI=1S/C16H34N2O2/c1-11(2)8-14(15(19)17-7)16(20)18(9-12(3)4)10-13(5)6/h11-14,16,20H,8-10H2,1-7H3,(H,17,19). The molecule has 2 N–H and O–H groups in total. The molecule has 0 spiro atoms. The van der Waals surface area contributed by atoms with Crippen LogP contribution in [0.15, 0.2) is 0 Å². The van der Waals surface area contributed by atoms with Crippen molar-refractivity contribution >= 4 is 5.91 Å². The molecule has 0 aromatic heterocycles. The van der Waals surface area contributed by atoms with E-state index in [1.165, 1.54) is 0 Å². The number of aliphatic hydroxyl groups is 1. The van der Waals surface area contributed by atoms with Gasteiger partial charge < -0.3 is 10.4 Å². The van der Waals surface area contributed by atoms with Crippen molar-refractivity contribution in [2.45, 2.75) is 54.2 Å². The van der Waals surface area contributed by atoms with Crippen molar-refractivity contribution in [1.82, 2.24) is 10.2 Å². The van der Waals surface area contributed by atoms with E-state index in [1.54, 1.807) is 7.05 Å². The van der Waals surface area contributed by atoms with Gasteiger partial charge in [0, 0.05) is 20.1 Å². The van der Waals surface area contributed by atoms with Crippen LogP contribution in [0.5, 0.6) is 0 Å². The number of nitrogens with zero attached hydrogens (tertiary/aromatic N) is 1. The van der Waals surface area contributed by atoms with E-state index < -0.39 is 6.23 Å². The Kier molecular flexibility index (Phi) is 9.06. The molecule has 120 valence electrons. The summed E-state index contributed by atoms with van der Waals surface area (Å²) in [4.78, 5) is 14.1. The van der Waals surface area contributed by atoms with Crippen molar-refractivity contribution in [3.8, 4) is 0 Å². The van der Waals surface area contributed by atoms with E-state index >= 15 is 0 Å². The molecular weight excluding hydrogens is 252 g/mol. The van der Waals surface area contributed by atoms with Crippen LogP contribution in [0, 0.1) is 23.7 Å². The lowest BCUT2D eigenvalue weighted by atomic mass is 9.93. The van der Waals surface area contributed by atoms with E-state index in [1.807, 2.05) is 0 Å². The molecule has 2 atom stereocenters. The lowest BCUT2D eigenvalue weighted by molar-refractivity contribution is -0.136. The molecule has 4 heteroatoms. The average molecular weight is 286 g/mol. The topological polar surface area (TPSA) is 52.6 Å². The summed E-state index contributed by atoms with van der Waals surface area (Å²) < 4.78 is 0. The third-order valence-electron chi connectivity index (χ3n) is 3.24.